The van der Waals surface area contributed by atoms with Gasteiger partial charge in [-0.25, -0.2) is 0 Å². The summed E-state index contributed by atoms with van der Waals surface area (Å²) in [6.45, 7) is 0. The fraction of sp³-hybridized carbons (Fsp3) is 0. The van der Waals surface area contributed by atoms with Gasteiger partial charge in [0.05, 0.1) is 4.92 Å². The van der Waals surface area contributed by atoms with Gasteiger partial charge in [-0.3, -0.25) is 10.1 Å². The smallest absolute Gasteiger partial charge is 0.269 e. The van der Waals surface area contributed by atoms with E-state index in [-0.39, 0.29) is 5.69 Å². The third-order valence-corrected chi connectivity index (χ3v) is 3.69. The minimum atomic E-state index is -2.76. The van der Waals surface area contributed by atoms with Crippen molar-refractivity contribution < 1.29 is 9.82 Å². The molecule has 1 rings (SSSR count). The number of hydrogen-bond donors (Lipinski definition) is 2. The highest BCUT2D eigenvalue weighted by atomic mass is 32.9. The number of thiol groups is 1. The Morgan fingerprint density at radius 3 is 2.23 bits per heavy atom. The Balaban J connectivity index is 3.08. The molecule has 7 heteroatoms. The quantitative estimate of drug-likeness (QED) is 0.352. The van der Waals surface area contributed by atoms with Gasteiger partial charge in [-0.2, -0.15) is 0 Å². The Hall–Kier alpha value is -0.420. The molecule has 1 unspecified atom stereocenters. The van der Waals surface area contributed by atoms with Crippen LogP contribution in [-0.4, -0.2) is 9.82 Å². The van der Waals surface area contributed by atoms with Crippen molar-refractivity contribution in [2.75, 3.05) is 0 Å². The average Bonchev–Trinajstić information content (AvgIpc) is 2.03. The molecule has 0 radical (unpaired) electrons. The van der Waals surface area contributed by atoms with E-state index in [2.05, 4.69) is 12.2 Å². The monoisotopic (exact) mass is 235 g/mol. The molecule has 0 spiro atoms. The summed E-state index contributed by atoms with van der Waals surface area (Å²) in [5.74, 6) is 0. The van der Waals surface area contributed by atoms with E-state index in [0.717, 1.165) is 0 Å². The van der Waals surface area contributed by atoms with Crippen LogP contribution in [0.4, 0.5) is 5.69 Å². The molecule has 0 saturated heterocycles. The molecular weight excluding hydrogens is 229 g/mol. The minimum absolute atomic E-state index is 0.0273. The second-order valence-electron chi connectivity index (χ2n) is 2.32. The first-order valence-electron chi connectivity index (χ1n) is 3.22. The first-order valence-corrected chi connectivity index (χ1v) is 7.12. The second-order valence-corrected chi connectivity index (χ2v) is 8.06. The van der Waals surface area contributed by atoms with Crippen molar-refractivity contribution in [2.45, 2.75) is 0 Å². The van der Waals surface area contributed by atoms with Crippen LogP contribution in [0.2, 0.25) is 0 Å². The second kappa shape index (κ2) is 3.75. The summed E-state index contributed by atoms with van der Waals surface area (Å²) in [6, 6.07) is 5.43. The van der Waals surface area contributed by atoms with Gasteiger partial charge in [-0.15, -0.1) is 12.2 Å². The summed E-state index contributed by atoms with van der Waals surface area (Å²) in [5.41, 5.74) is -2.79. The maximum absolute atomic E-state index is 10.3. The predicted octanol–water partition coefficient (Wildman–Crippen LogP) is 1.45. The highest BCUT2D eigenvalue weighted by molar-refractivity contribution is 8.63. The molecule has 1 aromatic carbocycles. The topological polar surface area (TPSA) is 63.4 Å². The predicted molar refractivity (Wildman–Crippen MR) is 58.2 cm³/mol. The van der Waals surface area contributed by atoms with Crippen LogP contribution in [0.25, 0.3) is 0 Å². The van der Waals surface area contributed by atoms with E-state index < -0.39 is 10.4 Å². The van der Waals surface area contributed by atoms with Crippen molar-refractivity contribution >= 4 is 40.5 Å². The largest absolute Gasteiger partial charge is 0.354 e. The number of rotatable bonds is 2. The lowest BCUT2D eigenvalue weighted by molar-refractivity contribution is -0.384. The Labute approximate surface area is 85.0 Å². The number of non-ortho nitro benzene ring substituents is 1. The van der Waals surface area contributed by atoms with Gasteiger partial charge in [-0.05, 0) is 12.1 Å². The van der Waals surface area contributed by atoms with Gasteiger partial charge >= 0.3 is 0 Å². The Bertz CT molecular complexity index is 372. The van der Waals surface area contributed by atoms with E-state index in [1.165, 1.54) is 24.3 Å². The lowest BCUT2D eigenvalue weighted by Gasteiger charge is -2.06. The van der Waals surface area contributed by atoms with Crippen molar-refractivity contribution in [3.8, 4) is 0 Å². The molecular formula is C6H6NO3PS2. The summed E-state index contributed by atoms with van der Waals surface area (Å²) in [4.78, 5) is 19.1. The van der Waals surface area contributed by atoms with Crippen LogP contribution < -0.4 is 5.30 Å². The molecule has 1 N–H and O–H groups in total. The van der Waals surface area contributed by atoms with Crippen LogP contribution in [0.3, 0.4) is 0 Å². The zero-order valence-corrected chi connectivity index (χ0v) is 8.93. The van der Waals surface area contributed by atoms with Crippen molar-refractivity contribution in [2.24, 2.45) is 0 Å². The van der Waals surface area contributed by atoms with Crippen molar-refractivity contribution in [1.29, 1.82) is 0 Å². The molecule has 1 atom stereocenters. The van der Waals surface area contributed by atoms with Crippen LogP contribution in [0.1, 0.15) is 0 Å². The van der Waals surface area contributed by atoms with Gasteiger partial charge in [0.15, 0.2) is 0 Å². The van der Waals surface area contributed by atoms with Gasteiger partial charge in [0.2, 0.25) is 0 Å². The molecule has 0 amide bonds. The van der Waals surface area contributed by atoms with Crippen molar-refractivity contribution in [3.05, 3.63) is 34.4 Å². The molecule has 1 aromatic rings. The van der Waals surface area contributed by atoms with Crippen LogP contribution in [0.15, 0.2) is 24.3 Å². The maximum atomic E-state index is 10.3. The standard InChI is InChI=1S/C6H6NO3PS2/c8-7(9)5-1-3-6(4-2-5)11(10,12)13/h1-4H,(H2,10,12,13). The van der Waals surface area contributed by atoms with Crippen LogP contribution in [0.5, 0.6) is 0 Å². The molecule has 0 fully saturated rings. The Kier molecular flexibility index (Phi) is 3.08. The first kappa shape index (κ1) is 10.7. The number of nitrogens with zero attached hydrogens (tertiary/aromatic N) is 1. The van der Waals surface area contributed by atoms with Crippen LogP contribution in [0, 0.1) is 10.1 Å². The highest BCUT2D eigenvalue weighted by Crippen LogP contribution is 2.44. The molecule has 0 saturated carbocycles. The molecule has 0 aliphatic rings. The normalized spacial score (nSPS) is 14.9. The summed E-state index contributed by atoms with van der Waals surface area (Å²) in [5, 5.41) is 10.7. The summed E-state index contributed by atoms with van der Waals surface area (Å²) in [7, 11) is 0. The van der Waals surface area contributed by atoms with Gasteiger partial charge < -0.3 is 4.89 Å². The summed E-state index contributed by atoms with van der Waals surface area (Å²) >= 11 is 8.56. The van der Waals surface area contributed by atoms with Gasteiger partial charge in [0, 0.05) is 17.4 Å². The number of nitro benzene ring substituents is 1. The maximum Gasteiger partial charge on any atom is 0.269 e. The molecule has 4 nitrogen and oxygen atoms in total. The third kappa shape index (κ3) is 2.77. The fourth-order valence-corrected chi connectivity index (χ4v) is 2.07. The molecule has 0 aliphatic carbocycles. The number of nitro groups is 1. The van der Waals surface area contributed by atoms with E-state index in [4.69, 9.17) is 11.8 Å². The molecule has 0 aromatic heterocycles. The fourth-order valence-electron chi connectivity index (χ4n) is 0.769. The molecule has 70 valence electrons. The number of benzene rings is 1. The third-order valence-electron chi connectivity index (χ3n) is 1.40. The van der Waals surface area contributed by atoms with Crippen molar-refractivity contribution in [1.82, 2.24) is 0 Å². The van der Waals surface area contributed by atoms with E-state index >= 15 is 0 Å². The van der Waals surface area contributed by atoms with Crippen LogP contribution in [-0.2, 0) is 11.8 Å². The molecule has 0 heterocycles. The molecule has 13 heavy (non-hydrogen) atoms. The molecule has 0 bridgehead atoms. The lowest BCUT2D eigenvalue weighted by atomic mass is 10.3. The van der Waals surface area contributed by atoms with E-state index in [1.807, 2.05) is 0 Å². The van der Waals surface area contributed by atoms with E-state index in [9.17, 15) is 15.0 Å². The minimum Gasteiger partial charge on any atom is -0.354 e. The van der Waals surface area contributed by atoms with E-state index in [0.29, 0.717) is 5.30 Å². The zero-order valence-electron chi connectivity index (χ0n) is 6.32. The SMILES string of the molecule is O=[N+]([O-])c1ccc(P(O)(=S)S)cc1. The van der Waals surface area contributed by atoms with Crippen LogP contribution >= 0.6 is 17.7 Å². The van der Waals surface area contributed by atoms with Gasteiger partial charge in [0.25, 0.3) is 5.69 Å². The Morgan fingerprint density at radius 2 is 1.92 bits per heavy atom. The van der Waals surface area contributed by atoms with Gasteiger partial charge in [0.1, 0.15) is 5.47 Å². The first-order chi connectivity index (χ1) is 5.91. The van der Waals surface area contributed by atoms with Crippen molar-refractivity contribution in [3.63, 3.8) is 0 Å². The highest BCUT2D eigenvalue weighted by Gasteiger charge is 2.11. The molecule has 0 aliphatic heterocycles. The lowest BCUT2D eigenvalue weighted by Crippen LogP contribution is -1.99. The Morgan fingerprint density at radius 1 is 1.46 bits per heavy atom. The van der Waals surface area contributed by atoms with E-state index in [1.54, 1.807) is 0 Å². The summed E-state index contributed by atoms with van der Waals surface area (Å²) in [6.07, 6.45) is 0. The average molecular weight is 235 g/mol. The summed E-state index contributed by atoms with van der Waals surface area (Å²) < 4.78 is 0. The van der Waals surface area contributed by atoms with Gasteiger partial charge in [-0.1, -0.05) is 11.8 Å². The number of hydrogen-bond acceptors (Lipinski definition) is 3. The zero-order chi connectivity index (χ0) is 10.1.